The van der Waals surface area contributed by atoms with E-state index in [1.807, 2.05) is 80.7 Å². The molecule has 5 N–H and O–H groups in total. The van der Waals surface area contributed by atoms with Gasteiger partial charge in [0.05, 0.1) is 27.9 Å². The molecule has 5 saturated carbocycles. The lowest BCUT2D eigenvalue weighted by Gasteiger charge is -2.36. The summed E-state index contributed by atoms with van der Waals surface area (Å²) < 4.78 is 158. The molecule has 0 radical (unpaired) electrons. The summed E-state index contributed by atoms with van der Waals surface area (Å²) in [4.78, 5) is 135. The summed E-state index contributed by atoms with van der Waals surface area (Å²) in [6.45, 7) is 8.92. The third-order valence-corrected chi connectivity index (χ3v) is 27.5. The molecule has 784 valence electrons. The maximum Gasteiger partial charge on any atom is 0.416 e. The average molecular weight is 2140 g/mol. The smallest absolute Gasteiger partial charge is 0.352 e. The first-order chi connectivity index (χ1) is 68.4. The summed E-state index contributed by atoms with van der Waals surface area (Å²) in [5, 5.41) is 18.9. The monoisotopic (exact) mass is 2130 g/mol. The average Bonchev–Trinajstić information content (AvgIpc) is 1.22. The SMILES string of the molecule is CC(C)(C)CC(C(=O)NC1CCCCC1)N(C(=O)CCl)c1cccc(C(F)(F)F)c1.CC(C)C(C(=O)NC1CCCCC1)N(C(=O)CCl)c1cccc(C(F)(F)F)c1.O=C(CN(C(=O)CCl)c1cccc(C(F)(F)F)c1)NC1CCCCC1.O=C(NC1CCCCC1)C(c1ccccc1)N(C(=O)CCl)c1cccc(C(F)(F)F)c1.O=C(NC1CCCCC1)C(c1cccs1)N(C(=O)CCl)c1cccc2ccccc12. The van der Waals surface area contributed by atoms with E-state index in [-0.39, 0.29) is 107 Å². The number of amides is 10. The molecule has 0 spiro atoms. The topological polar surface area (TPSA) is 247 Å². The summed E-state index contributed by atoms with van der Waals surface area (Å²) in [5.74, 6) is -6.76. The van der Waals surface area contributed by atoms with E-state index in [1.54, 1.807) is 49.1 Å². The van der Waals surface area contributed by atoms with Gasteiger partial charge in [0.15, 0.2) is 0 Å². The lowest BCUT2D eigenvalue weighted by atomic mass is 9.86. The number of anilines is 5. The number of halogens is 17. The Labute approximate surface area is 861 Å². The molecule has 5 aliphatic carbocycles. The predicted molar refractivity (Wildman–Crippen MR) is 543 cm³/mol. The maximum atomic E-state index is 13.5. The molecular formula is C106H125Cl5F12N10O10S. The number of nitrogens with one attached hydrogen (secondary N) is 5. The van der Waals surface area contributed by atoms with Crippen LogP contribution in [0, 0.1) is 11.3 Å². The first-order valence-electron chi connectivity index (χ1n) is 48.5. The number of alkyl halides is 17. The van der Waals surface area contributed by atoms with Crippen molar-refractivity contribution in [3.05, 3.63) is 220 Å². The molecule has 1 heterocycles. The van der Waals surface area contributed by atoms with Crippen molar-refractivity contribution >= 4 is 168 Å². The van der Waals surface area contributed by atoms with Gasteiger partial charge in [0.25, 0.3) is 0 Å². The second-order valence-corrected chi connectivity index (χ2v) is 40.2. The summed E-state index contributed by atoms with van der Waals surface area (Å²) >= 11 is 30.4. The Balaban J connectivity index is 0.000000201. The second kappa shape index (κ2) is 56.1. The van der Waals surface area contributed by atoms with Gasteiger partial charge in [0, 0.05) is 63.2 Å². The first kappa shape index (κ1) is 117. The van der Waals surface area contributed by atoms with E-state index in [2.05, 4.69) is 26.6 Å². The lowest BCUT2D eigenvalue weighted by molar-refractivity contribution is -0.138. The van der Waals surface area contributed by atoms with Crippen molar-refractivity contribution in [2.45, 2.75) is 281 Å². The zero-order valence-electron chi connectivity index (χ0n) is 81.0. The van der Waals surface area contributed by atoms with Gasteiger partial charge in [0.2, 0.25) is 59.1 Å². The molecule has 1 aromatic heterocycles. The van der Waals surface area contributed by atoms with Gasteiger partial charge in [-0.3, -0.25) is 67.5 Å². The van der Waals surface area contributed by atoms with E-state index >= 15 is 0 Å². The van der Waals surface area contributed by atoms with E-state index in [0.717, 1.165) is 238 Å². The third kappa shape index (κ3) is 35.3. The minimum absolute atomic E-state index is 0.000677. The molecule has 7 aromatic carbocycles. The van der Waals surface area contributed by atoms with Crippen molar-refractivity contribution in [1.82, 2.24) is 26.6 Å². The Kier molecular flexibility index (Phi) is 45.7. The highest BCUT2D eigenvalue weighted by molar-refractivity contribution is 7.10. The Morgan fingerprint density at radius 1 is 0.347 bits per heavy atom. The van der Waals surface area contributed by atoms with Gasteiger partial charge in [-0.05, 0) is 183 Å². The van der Waals surface area contributed by atoms with Gasteiger partial charge in [-0.1, -0.05) is 228 Å². The van der Waals surface area contributed by atoms with Crippen LogP contribution in [-0.4, -0.2) is 137 Å². The van der Waals surface area contributed by atoms with Crippen LogP contribution in [0.5, 0.6) is 0 Å². The van der Waals surface area contributed by atoms with E-state index < -0.39 is 130 Å². The van der Waals surface area contributed by atoms with Crippen molar-refractivity contribution < 1.29 is 101 Å². The molecule has 38 heteroatoms. The molecule has 0 aliphatic heterocycles. The fraction of sp³-hybridized carbons (Fsp3) is 0.491. The van der Waals surface area contributed by atoms with Crippen molar-refractivity contribution in [2.24, 2.45) is 11.3 Å². The number of hydrogen-bond donors (Lipinski definition) is 5. The molecule has 4 atom stereocenters. The van der Waals surface area contributed by atoms with E-state index in [9.17, 15) is 101 Å². The number of fused-ring (bicyclic) bond motifs is 1. The number of hydrogen-bond acceptors (Lipinski definition) is 11. The molecular weight excluding hydrogens is 2010 g/mol. The van der Waals surface area contributed by atoms with Crippen LogP contribution in [0.2, 0.25) is 0 Å². The number of benzene rings is 7. The second-order valence-electron chi connectivity index (χ2n) is 37.9. The van der Waals surface area contributed by atoms with Crippen LogP contribution >= 0.6 is 69.3 Å². The largest absolute Gasteiger partial charge is 0.416 e. The fourth-order valence-electron chi connectivity index (χ4n) is 18.5. The molecule has 144 heavy (non-hydrogen) atoms. The van der Waals surface area contributed by atoms with Crippen LogP contribution in [0.1, 0.15) is 246 Å². The summed E-state index contributed by atoms with van der Waals surface area (Å²) in [6.07, 6.45) is 7.00. The Morgan fingerprint density at radius 2 is 0.688 bits per heavy atom. The highest BCUT2D eigenvalue weighted by Crippen LogP contribution is 2.42. The number of carbonyl (C=O) groups excluding carboxylic acids is 10. The molecule has 8 aromatic rings. The zero-order valence-corrected chi connectivity index (χ0v) is 85.5. The van der Waals surface area contributed by atoms with Gasteiger partial charge >= 0.3 is 24.7 Å². The van der Waals surface area contributed by atoms with Crippen LogP contribution in [0.4, 0.5) is 81.1 Å². The van der Waals surface area contributed by atoms with Crippen molar-refractivity contribution in [3.8, 4) is 0 Å². The summed E-state index contributed by atoms with van der Waals surface area (Å²) in [5.41, 5.74) is -2.71. The van der Waals surface area contributed by atoms with Crippen molar-refractivity contribution in [1.29, 1.82) is 0 Å². The van der Waals surface area contributed by atoms with E-state index in [0.29, 0.717) is 11.3 Å². The van der Waals surface area contributed by atoms with E-state index in [1.165, 1.54) is 66.3 Å². The molecule has 10 amide bonds. The van der Waals surface area contributed by atoms with Gasteiger partial charge < -0.3 is 31.5 Å². The predicted octanol–water partition coefficient (Wildman–Crippen LogP) is 25.1. The fourth-order valence-corrected chi connectivity index (χ4v) is 20.0. The Bertz CT molecular complexity index is 5490. The van der Waals surface area contributed by atoms with Crippen molar-refractivity contribution in [2.75, 3.05) is 60.4 Å². The standard InChI is InChI=1S/C24H25ClN2O2S.C23H24ClF3N2O2.C22H30ClF3N2O2.C20H26ClF3N2O2.C17H20ClF3N2O2/c25-16-22(28)27(20-13-6-9-17-8-4-5-12-19(17)20)23(21-14-7-15-30-21)24(29)26-18-10-2-1-3-11-18;24-15-20(30)29(19-13-7-10-17(14-19)23(25,26)27)21(16-8-3-1-4-9-16)22(31)28-18-11-5-2-6-12-18;1-21(2,3)13-18(20(30)27-16-9-5-4-6-10-16)28(19(29)14-23)17-11-7-8-15(12-17)22(24,25)26;1-13(2)18(19(28)25-15-8-4-3-5-9-15)26(17(27)12-21)16-10-6-7-14(11-16)20(22,23)24;18-10-16(25)23(11-15(24)22-13-6-2-1-3-7-13)14-8-4-5-12(9-14)17(19,20)21/h4-9,12-15,18,23H,1-3,10-11,16H2,(H,26,29);1,3-4,7-10,13-14,18,21H,2,5-6,11-12,15H2,(H,28,31);7-8,11-12,16,18H,4-6,9-10,13-14H2,1-3H3,(H,27,30);6-7,10-11,13,15,18H,3-5,8-9,12H2,1-2H3,(H,25,28);4-5,8-9,13H,1-3,6-7,10-11H2,(H,22,24). The van der Waals surface area contributed by atoms with Crippen LogP contribution in [0.25, 0.3) is 10.8 Å². The zero-order chi connectivity index (χ0) is 105. The minimum atomic E-state index is -4.59. The van der Waals surface area contributed by atoms with Crippen LogP contribution in [-0.2, 0) is 72.7 Å². The lowest BCUT2D eigenvalue weighted by Crippen LogP contribution is -2.55. The van der Waals surface area contributed by atoms with Crippen LogP contribution in [0.3, 0.4) is 0 Å². The molecule has 0 bridgehead atoms. The molecule has 13 rings (SSSR count). The number of rotatable bonds is 29. The molecule has 5 aliphatic rings. The van der Waals surface area contributed by atoms with Crippen LogP contribution in [0.15, 0.2) is 187 Å². The summed E-state index contributed by atoms with van der Waals surface area (Å²) in [6, 6.07) is 40.1. The summed E-state index contributed by atoms with van der Waals surface area (Å²) in [7, 11) is 0. The normalized spacial score (nSPS) is 16.1. The van der Waals surface area contributed by atoms with Gasteiger partial charge in [-0.2, -0.15) is 52.7 Å². The molecule has 5 fully saturated rings. The van der Waals surface area contributed by atoms with Gasteiger partial charge in [0.1, 0.15) is 60.1 Å². The highest BCUT2D eigenvalue weighted by Gasteiger charge is 2.44. The Morgan fingerprint density at radius 3 is 1.09 bits per heavy atom. The van der Waals surface area contributed by atoms with Gasteiger partial charge in [-0.25, -0.2) is 0 Å². The maximum absolute atomic E-state index is 13.5. The number of carbonyl (C=O) groups is 10. The highest BCUT2D eigenvalue weighted by atomic mass is 35.5. The van der Waals surface area contributed by atoms with Crippen LogP contribution < -0.4 is 51.1 Å². The third-order valence-electron chi connectivity index (χ3n) is 25.4. The minimum Gasteiger partial charge on any atom is -0.352 e. The molecule has 20 nitrogen and oxygen atoms in total. The number of thiophene rings is 1. The van der Waals surface area contributed by atoms with Crippen molar-refractivity contribution in [3.63, 3.8) is 0 Å². The molecule has 4 unspecified atom stereocenters. The van der Waals surface area contributed by atoms with Gasteiger partial charge in [-0.15, -0.1) is 69.3 Å². The molecule has 0 saturated heterocycles. The Hall–Kier alpha value is -10.2. The first-order valence-corrected chi connectivity index (χ1v) is 52.1. The van der Waals surface area contributed by atoms with E-state index in [4.69, 9.17) is 58.0 Å². The quantitative estimate of drug-likeness (QED) is 0.0219. The number of nitrogens with zero attached hydrogens (tertiary/aromatic N) is 5.